The summed E-state index contributed by atoms with van der Waals surface area (Å²) in [5, 5.41) is 4.12. The Hall–Kier alpha value is -4.48. The van der Waals surface area contributed by atoms with Crippen molar-refractivity contribution in [3.05, 3.63) is 47.8 Å². The SMILES string of the molecule is O=C1NC(=O)C(c2cn(CCCN3CCOCC3)c3cc4c(cc23)OCO4)=C1c1c[nH]c2cc3c(cc12)OCO3. The van der Waals surface area contributed by atoms with Gasteiger partial charge in [0.1, 0.15) is 0 Å². The number of rotatable bonds is 6. The van der Waals surface area contributed by atoms with Crippen LogP contribution in [0.15, 0.2) is 36.7 Å². The molecule has 1 saturated heterocycles. The molecule has 4 aliphatic rings. The molecule has 40 heavy (non-hydrogen) atoms. The highest BCUT2D eigenvalue weighted by Gasteiger charge is 2.36. The Morgan fingerprint density at radius 1 is 0.750 bits per heavy atom. The van der Waals surface area contributed by atoms with Crippen molar-refractivity contribution in [3.8, 4) is 23.0 Å². The van der Waals surface area contributed by atoms with E-state index in [1.54, 1.807) is 6.20 Å². The van der Waals surface area contributed by atoms with Crippen molar-refractivity contribution >= 4 is 44.8 Å². The third kappa shape index (κ3) is 3.65. The summed E-state index contributed by atoms with van der Waals surface area (Å²) < 4.78 is 30.0. The van der Waals surface area contributed by atoms with Crippen LogP contribution in [0.3, 0.4) is 0 Å². The number of benzene rings is 2. The number of nitrogens with zero attached hydrogens (tertiary/aromatic N) is 2. The Bertz CT molecular complexity index is 1740. The topological polar surface area (TPSA) is 116 Å². The van der Waals surface area contributed by atoms with Crippen molar-refractivity contribution < 1.29 is 33.3 Å². The summed E-state index contributed by atoms with van der Waals surface area (Å²) >= 11 is 0. The number of H-pyrrole nitrogens is 1. The van der Waals surface area contributed by atoms with E-state index in [1.165, 1.54) is 0 Å². The van der Waals surface area contributed by atoms with Gasteiger partial charge in [0.25, 0.3) is 11.8 Å². The first-order valence-electron chi connectivity index (χ1n) is 13.4. The maximum atomic E-state index is 13.4. The molecule has 2 amide bonds. The van der Waals surface area contributed by atoms with Gasteiger partial charge in [0, 0.05) is 78.1 Å². The number of aryl methyl sites for hydroxylation is 1. The quantitative estimate of drug-likeness (QED) is 0.358. The van der Waals surface area contributed by atoms with Crippen molar-refractivity contribution in [1.82, 2.24) is 19.8 Å². The van der Waals surface area contributed by atoms with Crippen LogP contribution in [0, 0.1) is 0 Å². The van der Waals surface area contributed by atoms with Gasteiger partial charge in [-0.1, -0.05) is 0 Å². The van der Waals surface area contributed by atoms with E-state index in [-0.39, 0.29) is 13.6 Å². The molecule has 0 unspecified atom stereocenters. The zero-order chi connectivity index (χ0) is 26.8. The molecule has 11 heteroatoms. The molecule has 4 aliphatic heterocycles. The van der Waals surface area contributed by atoms with Crippen molar-refractivity contribution in [2.45, 2.75) is 13.0 Å². The number of carbonyl (C=O) groups is 2. The fraction of sp³-hybridized carbons (Fsp3) is 0.310. The van der Waals surface area contributed by atoms with Crippen LogP contribution in [0.1, 0.15) is 17.5 Å². The Balaban J connectivity index is 1.25. The number of nitrogens with one attached hydrogen (secondary N) is 2. The minimum Gasteiger partial charge on any atom is -0.454 e. The first kappa shape index (κ1) is 23.4. The van der Waals surface area contributed by atoms with Gasteiger partial charge in [-0.25, -0.2) is 0 Å². The summed E-state index contributed by atoms with van der Waals surface area (Å²) in [5.41, 5.74) is 3.66. The molecule has 11 nitrogen and oxygen atoms in total. The summed E-state index contributed by atoms with van der Waals surface area (Å²) in [4.78, 5) is 32.3. The molecule has 0 aliphatic carbocycles. The number of hydrogen-bond donors (Lipinski definition) is 2. The second-order valence-electron chi connectivity index (χ2n) is 10.3. The van der Waals surface area contributed by atoms with E-state index in [0.29, 0.717) is 45.3 Å². The number of ether oxygens (including phenoxy) is 5. The van der Waals surface area contributed by atoms with Crippen molar-refractivity contribution in [2.24, 2.45) is 0 Å². The monoisotopic (exact) mass is 542 g/mol. The second-order valence-corrected chi connectivity index (χ2v) is 10.3. The lowest BCUT2D eigenvalue weighted by Crippen LogP contribution is -2.37. The van der Waals surface area contributed by atoms with Gasteiger partial charge in [0.15, 0.2) is 23.0 Å². The second kappa shape index (κ2) is 9.04. The summed E-state index contributed by atoms with van der Waals surface area (Å²) in [7, 11) is 0. The molecule has 0 saturated carbocycles. The number of aromatic amines is 1. The zero-order valence-corrected chi connectivity index (χ0v) is 21.6. The Morgan fingerprint density at radius 3 is 2.15 bits per heavy atom. The third-order valence-corrected chi connectivity index (χ3v) is 8.00. The molecule has 6 heterocycles. The zero-order valence-electron chi connectivity index (χ0n) is 21.6. The molecule has 0 spiro atoms. The predicted molar refractivity (Wildman–Crippen MR) is 144 cm³/mol. The molecule has 2 aromatic carbocycles. The van der Waals surface area contributed by atoms with Crippen LogP contribution in [-0.2, 0) is 20.9 Å². The van der Waals surface area contributed by atoms with E-state index < -0.39 is 11.8 Å². The van der Waals surface area contributed by atoms with Crippen LogP contribution in [0.2, 0.25) is 0 Å². The lowest BCUT2D eigenvalue weighted by Gasteiger charge is -2.26. The molecule has 0 bridgehead atoms. The highest BCUT2D eigenvalue weighted by molar-refractivity contribution is 6.50. The van der Waals surface area contributed by atoms with Crippen LogP contribution < -0.4 is 24.3 Å². The smallest absolute Gasteiger partial charge is 0.259 e. The fourth-order valence-corrected chi connectivity index (χ4v) is 6.04. The summed E-state index contributed by atoms with van der Waals surface area (Å²) in [6.07, 6.45) is 4.64. The average Bonchev–Trinajstić information content (AvgIpc) is 3.78. The van der Waals surface area contributed by atoms with Gasteiger partial charge in [-0.3, -0.25) is 19.8 Å². The van der Waals surface area contributed by atoms with Gasteiger partial charge >= 0.3 is 0 Å². The summed E-state index contributed by atoms with van der Waals surface area (Å²) in [6, 6.07) is 7.55. The minimum absolute atomic E-state index is 0.144. The molecule has 4 aromatic rings. The number of aromatic nitrogens is 2. The molecule has 0 atom stereocenters. The van der Waals surface area contributed by atoms with Crippen LogP contribution in [0.5, 0.6) is 23.0 Å². The highest BCUT2D eigenvalue weighted by atomic mass is 16.7. The molecule has 0 radical (unpaired) electrons. The molecule has 8 rings (SSSR count). The number of carbonyl (C=O) groups excluding carboxylic acids is 2. The van der Waals surface area contributed by atoms with E-state index >= 15 is 0 Å². The van der Waals surface area contributed by atoms with Gasteiger partial charge in [0.2, 0.25) is 13.6 Å². The number of fused-ring (bicyclic) bond motifs is 4. The minimum atomic E-state index is -0.437. The lowest BCUT2D eigenvalue weighted by molar-refractivity contribution is -0.122. The van der Waals surface area contributed by atoms with Crippen LogP contribution >= 0.6 is 0 Å². The van der Waals surface area contributed by atoms with E-state index in [9.17, 15) is 9.59 Å². The molecular formula is C29H26N4O7. The van der Waals surface area contributed by atoms with Gasteiger partial charge < -0.3 is 33.2 Å². The number of morpholine rings is 1. The lowest BCUT2D eigenvalue weighted by atomic mass is 9.95. The van der Waals surface area contributed by atoms with Gasteiger partial charge in [0.05, 0.1) is 29.9 Å². The normalized spacial score (nSPS) is 18.5. The first-order chi connectivity index (χ1) is 19.6. The molecular weight excluding hydrogens is 516 g/mol. The van der Waals surface area contributed by atoms with Gasteiger partial charge in [-0.05, 0) is 18.6 Å². The van der Waals surface area contributed by atoms with E-state index in [0.717, 1.165) is 67.6 Å². The fourth-order valence-electron chi connectivity index (χ4n) is 6.04. The highest BCUT2D eigenvalue weighted by Crippen LogP contribution is 2.44. The molecule has 1 fully saturated rings. The molecule has 2 aromatic heterocycles. The van der Waals surface area contributed by atoms with Gasteiger partial charge in [-0.15, -0.1) is 0 Å². The predicted octanol–water partition coefficient (Wildman–Crippen LogP) is 2.87. The Morgan fingerprint density at radius 2 is 1.40 bits per heavy atom. The standard InChI is InChI=1S/C29H26N4O7/c34-28-26(18-12-30-20-10-24-22(8-16(18)20)37-14-39-24)27(29(35)31-28)19-13-33(3-1-2-32-4-6-36-7-5-32)21-11-25-23(9-17(19)21)38-15-40-25/h8-13,30H,1-7,14-15H2,(H,31,34,35). The number of amides is 2. The van der Waals surface area contributed by atoms with Crippen LogP contribution in [0.25, 0.3) is 33.0 Å². The maximum absolute atomic E-state index is 13.4. The van der Waals surface area contributed by atoms with E-state index in [2.05, 4.69) is 19.8 Å². The molecule has 204 valence electrons. The summed E-state index contributed by atoms with van der Waals surface area (Å²) in [6.45, 7) is 5.35. The van der Waals surface area contributed by atoms with Gasteiger partial charge in [-0.2, -0.15) is 0 Å². The van der Waals surface area contributed by atoms with Crippen LogP contribution in [0.4, 0.5) is 0 Å². The molecule has 2 N–H and O–H groups in total. The van der Waals surface area contributed by atoms with E-state index in [1.807, 2.05) is 30.5 Å². The van der Waals surface area contributed by atoms with Crippen molar-refractivity contribution in [3.63, 3.8) is 0 Å². The number of hydrogen-bond acceptors (Lipinski definition) is 8. The maximum Gasteiger partial charge on any atom is 0.259 e. The van der Waals surface area contributed by atoms with Crippen LogP contribution in [-0.4, -0.2) is 72.7 Å². The largest absolute Gasteiger partial charge is 0.454 e. The summed E-state index contributed by atoms with van der Waals surface area (Å²) in [5.74, 6) is 1.66. The van der Waals surface area contributed by atoms with E-state index in [4.69, 9.17) is 23.7 Å². The number of imide groups is 1. The Labute approximate surface area is 228 Å². The average molecular weight is 543 g/mol. The Kier molecular flexibility index (Phi) is 5.29. The third-order valence-electron chi connectivity index (χ3n) is 8.00. The van der Waals surface area contributed by atoms with Crippen molar-refractivity contribution in [1.29, 1.82) is 0 Å². The van der Waals surface area contributed by atoms with Crippen molar-refractivity contribution in [2.75, 3.05) is 46.4 Å². The first-order valence-corrected chi connectivity index (χ1v) is 13.4.